The van der Waals surface area contributed by atoms with Crippen molar-refractivity contribution in [2.75, 3.05) is 13.1 Å². The Kier molecular flexibility index (Phi) is 4.71. The minimum atomic E-state index is -0.696. The Morgan fingerprint density at radius 2 is 1.95 bits per heavy atom. The number of fused-ring (bicyclic) bond motifs is 1. The van der Waals surface area contributed by atoms with E-state index in [-0.39, 0.29) is 17.7 Å². The van der Waals surface area contributed by atoms with Gasteiger partial charge in [0.1, 0.15) is 0 Å². The molecule has 1 saturated carbocycles. The molecule has 20 heavy (non-hydrogen) atoms. The number of carbonyl (C=O) groups excluding carboxylic acids is 1. The molecule has 0 aromatic rings. The smallest absolute Gasteiger partial charge is 0.311 e. The van der Waals surface area contributed by atoms with Gasteiger partial charge >= 0.3 is 5.97 Å². The number of hydrogen-bond donors (Lipinski definition) is 1. The molecule has 114 valence electrons. The molecule has 1 N–H and O–H groups in total. The van der Waals surface area contributed by atoms with Gasteiger partial charge in [-0.1, -0.05) is 33.1 Å². The number of carboxylic acids is 1. The van der Waals surface area contributed by atoms with Gasteiger partial charge in [0.05, 0.1) is 5.41 Å². The second-order valence-corrected chi connectivity index (χ2v) is 6.54. The Morgan fingerprint density at radius 3 is 2.45 bits per heavy atom. The predicted molar refractivity (Wildman–Crippen MR) is 77.3 cm³/mol. The zero-order chi connectivity index (χ0) is 14.8. The van der Waals surface area contributed by atoms with Gasteiger partial charge in [-0.25, -0.2) is 0 Å². The number of hydrogen-bond acceptors (Lipinski definition) is 2. The zero-order valence-corrected chi connectivity index (χ0v) is 12.7. The Bertz CT molecular complexity index is 376. The van der Waals surface area contributed by atoms with Crippen LogP contribution >= 0.6 is 0 Å². The van der Waals surface area contributed by atoms with Crippen LogP contribution in [0.25, 0.3) is 0 Å². The molecule has 0 spiro atoms. The van der Waals surface area contributed by atoms with Crippen LogP contribution in [0.1, 0.15) is 58.8 Å². The third kappa shape index (κ3) is 2.57. The van der Waals surface area contributed by atoms with Gasteiger partial charge in [0.15, 0.2) is 0 Å². The number of amides is 1. The Balaban J connectivity index is 2.08. The van der Waals surface area contributed by atoms with Crippen LogP contribution in [0, 0.1) is 17.3 Å². The summed E-state index contributed by atoms with van der Waals surface area (Å²) < 4.78 is 0. The van der Waals surface area contributed by atoms with E-state index in [9.17, 15) is 14.7 Å². The normalized spacial score (nSPS) is 28.9. The maximum absolute atomic E-state index is 12.7. The molecule has 0 radical (unpaired) electrons. The second kappa shape index (κ2) is 6.15. The number of carbonyl (C=O) groups is 2. The molecule has 1 aliphatic heterocycles. The lowest BCUT2D eigenvalue weighted by Gasteiger charge is -2.26. The number of carboxylic acid groups (broad SMARTS) is 1. The fourth-order valence-corrected chi connectivity index (χ4v) is 4.15. The first-order valence-electron chi connectivity index (χ1n) is 8.07. The summed E-state index contributed by atoms with van der Waals surface area (Å²) in [6.45, 7) is 5.31. The van der Waals surface area contributed by atoms with Crippen LogP contribution < -0.4 is 0 Å². The molecular weight excluding hydrogens is 254 g/mol. The van der Waals surface area contributed by atoms with E-state index in [0.29, 0.717) is 13.1 Å². The third-order valence-corrected chi connectivity index (χ3v) is 5.23. The lowest BCUT2D eigenvalue weighted by atomic mass is 9.81. The average molecular weight is 281 g/mol. The van der Waals surface area contributed by atoms with Crippen molar-refractivity contribution in [2.45, 2.75) is 58.8 Å². The first kappa shape index (κ1) is 15.3. The van der Waals surface area contributed by atoms with E-state index in [4.69, 9.17) is 0 Å². The molecule has 2 aliphatic rings. The van der Waals surface area contributed by atoms with Crippen LogP contribution in [0.15, 0.2) is 0 Å². The fourth-order valence-electron chi connectivity index (χ4n) is 4.15. The van der Waals surface area contributed by atoms with Crippen LogP contribution in [0.4, 0.5) is 0 Å². The number of nitrogens with zero attached hydrogens (tertiary/aromatic N) is 1. The van der Waals surface area contributed by atoms with E-state index in [1.165, 1.54) is 0 Å². The summed E-state index contributed by atoms with van der Waals surface area (Å²) in [6, 6.07) is 0. The van der Waals surface area contributed by atoms with Crippen molar-refractivity contribution in [1.29, 1.82) is 0 Å². The summed E-state index contributed by atoms with van der Waals surface area (Å²) in [6.07, 6.45) is 6.56. The van der Waals surface area contributed by atoms with Crippen LogP contribution in [0.3, 0.4) is 0 Å². The van der Waals surface area contributed by atoms with Gasteiger partial charge in [-0.3, -0.25) is 9.59 Å². The van der Waals surface area contributed by atoms with Gasteiger partial charge in [0.25, 0.3) is 0 Å². The Morgan fingerprint density at radius 1 is 1.30 bits per heavy atom. The second-order valence-electron chi connectivity index (χ2n) is 6.54. The Labute approximate surface area is 121 Å². The van der Waals surface area contributed by atoms with Gasteiger partial charge < -0.3 is 10.0 Å². The molecule has 0 bridgehead atoms. The average Bonchev–Trinajstić information content (AvgIpc) is 2.95. The molecule has 4 heteroatoms. The zero-order valence-electron chi connectivity index (χ0n) is 12.7. The molecule has 0 unspecified atom stereocenters. The van der Waals surface area contributed by atoms with Gasteiger partial charge in [0.2, 0.25) is 5.91 Å². The Hall–Kier alpha value is -1.06. The highest BCUT2D eigenvalue weighted by atomic mass is 16.4. The highest BCUT2D eigenvalue weighted by Crippen LogP contribution is 2.49. The highest BCUT2D eigenvalue weighted by molar-refractivity contribution is 5.82. The van der Waals surface area contributed by atoms with E-state index < -0.39 is 11.4 Å². The van der Waals surface area contributed by atoms with Gasteiger partial charge in [-0.05, 0) is 31.6 Å². The summed E-state index contributed by atoms with van der Waals surface area (Å²) >= 11 is 0. The number of aliphatic carboxylic acids is 1. The van der Waals surface area contributed by atoms with Gasteiger partial charge in [0, 0.05) is 19.0 Å². The van der Waals surface area contributed by atoms with Crippen molar-refractivity contribution in [3.8, 4) is 0 Å². The fraction of sp³-hybridized carbons (Fsp3) is 0.875. The summed E-state index contributed by atoms with van der Waals surface area (Å²) in [5, 5.41) is 9.58. The molecular formula is C16H27NO3. The van der Waals surface area contributed by atoms with Gasteiger partial charge in [-0.2, -0.15) is 0 Å². The summed E-state index contributed by atoms with van der Waals surface area (Å²) in [7, 11) is 0. The van der Waals surface area contributed by atoms with Crippen molar-refractivity contribution in [2.24, 2.45) is 17.3 Å². The van der Waals surface area contributed by atoms with Crippen LogP contribution in [0.2, 0.25) is 0 Å². The van der Waals surface area contributed by atoms with Crippen molar-refractivity contribution in [3.63, 3.8) is 0 Å². The monoisotopic (exact) mass is 281 g/mol. The van der Waals surface area contributed by atoms with E-state index >= 15 is 0 Å². The minimum absolute atomic E-state index is 0.0923. The molecule has 0 aromatic carbocycles. The largest absolute Gasteiger partial charge is 0.481 e. The van der Waals surface area contributed by atoms with Crippen molar-refractivity contribution >= 4 is 11.9 Å². The molecule has 1 saturated heterocycles. The van der Waals surface area contributed by atoms with E-state index in [0.717, 1.165) is 44.9 Å². The third-order valence-electron chi connectivity index (χ3n) is 5.23. The minimum Gasteiger partial charge on any atom is -0.481 e. The molecule has 1 amide bonds. The summed E-state index contributed by atoms with van der Waals surface area (Å²) in [5.74, 6) is -0.232. The molecule has 2 fully saturated rings. The molecule has 0 aromatic heterocycles. The number of likely N-dealkylation sites (tertiary alicyclic amines) is 1. The van der Waals surface area contributed by atoms with Crippen molar-refractivity contribution in [3.05, 3.63) is 0 Å². The maximum atomic E-state index is 12.7. The van der Waals surface area contributed by atoms with E-state index in [1.54, 1.807) is 0 Å². The lowest BCUT2D eigenvalue weighted by Crippen LogP contribution is -2.39. The van der Waals surface area contributed by atoms with Crippen molar-refractivity contribution < 1.29 is 14.7 Å². The SMILES string of the molecule is CCCC(CCC)C(=O)N1C[C@@H]2CCC[C@@]2(C(=O)O)C1. The molecule has 4 nitrogen and oxygen atoms in total. The molecule has 2 atom stereocenters. The molecule has 2 rings (SSSR count). The quantitative estimate of drug-likeness (QED) is 0.814. The summed E-state index contributed by atoms with van der Waals surface area (Å²) in [5.41, 5.74) is -0.640. The van der Waals surface area contributed by atoms with Gasteiger partial charge in [-0.15, -0.1) is 0 Å². The van der Waals surface area contributed by atoms with E-state index in [2.05, 4.69) is 13.8 Å². The van der Waals surface area contributed by atoms with Crippen LogP contribution in [0.5, 0.6) is 0 Å². The van der Waals surface area contributed by atoms with E-state index in [1.807, 2.05) is 4.90 Å². The highest BCUT2D eigenvalue weighted by Gasteiger charge is 2.56. The first-order chi connectivity index (χ1) is 9.55. The topological polar surface area (TPSA) is 57.6 Å². The maximum Gasteiger partial charge on any atom is 0.311 e. The molecule has 1 heterocycles. The first-order valence-corrected chi connectivity index (χ1v) is 8.07. The van der Waals surface area contributed by atoms with Crippen LogP contribution in [-0.2, 0) is 9.59 Å². The predicted octanol–water partition coefficient (Wildman–Crippen LogP) is 2.92. The summed E-state index contributed by atoms with van der Waals surface area (Å²) in [4.78, 5) is 26.2. The standard InChI is InChI=1S/C16H27NO3/c1-3-6-12(7-4-2)14(18)17-10-13-8-5-9-16(13,11-17)15(19)20/h12-13H,3-11H2,1-2H3,(H,19,20)/t13-,16+/m0/s1. The number of rotatable bonds is 6. The van der Waals surface area contributed by atoms with Crippen LogP contribution in [-0.4, -0.2) is 35.0 Å². The van der Waals surface area contributed by atoms with Crippen molar-refractivity contribution in [1.82, 2.24) is 4.90 Å². The molecule has 1 aliphatic carbocycles. The lowest BCUT2D eigenvalue weighted by molar-refractivity contribution is -0.149.